The summed E-state index contributed by atoms with van der Waals surface area (Å²) in [6.45, 7) is 3.79. The number of rotatable bonds is 5. The quantitative estimate of drug-likeness (QED) is 0.304. The van der Waals surface area contributed by atoms with Gasteiger partial charge in [0.05, 0.1) is 22.9 Å². The average Bonchev–Trinajstić information content (AvgIpc) is 2.90. The zero-order valence-electron chi connectivity index (χ0n) is 19.6. The highest BCUT2D eigenvalue weighted by atomic mass is 35.5. The van der Waals surface area contributed by atoms with Crippen LogP contribution in [0.4, 0.5) is 11.4 Å². The summed E-state index contributed by atoms with van der Waals surface area (Å²) in [6, 6.07) is 21.1. The Morgan fingerprint density at radius 3 is 2.50 bits per heavy atom. The van der Waals surface area contributed by atoms with E-state index < -0.39 is 0 Å². The van der Waals surface area contributed by atoms with Crippen molar-refractivity contribution in [3.8, 4) is 0 Å². The molecule has 3 aromatic carbocycles. The van der Waals surface area contributed by atoms with E-state index in [1.165, 1.54) is 5.69 Å². The summed E-state index contributed by atoms with van der Waals surface area (Å²) in [4.78, 5) is 26.5. The van der Waals surface area contributed by atoms with Gasteiger partial charge in [-0.25, -0.2) is 9.98 Å². The van der Waals surface area contributed by atoms with Gasteiger partial charge < -0.3 is 15.5 Å². The van der Waals surface area contributed by atoms with Crippen LogP contribution in [0.25, 0.3) is 10.9 Å². The molecule has 9 heteroatoms. The SMILES string of the molecule is NC(=Nc1ccc2c(=O)n(CCc3ccc(Cl)cc3Cl)cnc2c1)N1CCN(c2ccccc2)CC1. The number of halogens is 2. The lowest BCUT2D eigenvalue weighted by atomic mass is 10.1. The van der Waals surface area contributed by atoms with Crippen LogP contribution >= 0.6 is 23.2 Å². The van der Waals surface area contributed by atoms with Crippen LogP contribution in [0.5, 0.6) is 0 Å². The molecular formula is C27H26Cl2N6O. The van der Waals surface area contributed by atoms with Gasteiger partial charge in [0.2, 0.25) is 0 Å². The van der Waals surface area contributed by atoms with Crippen LogP contribution in [0.1, 0.15) is 5.56 Å². The fourth-order valence-electron chi connectivity index (χ4n) is 4.38. The van der Waals surface area contributed by atoms with Gasteiger partial charge in [-0.1, -0.05) is 47.5 Å². The van der Waals surface area contributed by atoms with Crippen LogP contribution in [0, 0.1) is 0 Å². The molecule has 0 amide bonds. The molecule has 7 nitrogen and oxygen atoms in total. The first kappa shape index (κ1) is 24.2. The lowest BCUT2D eigenvalue weighted by Gasteiger charge is -2.36. The number of nitrogens with two attached hydrogens (primary N) is 1. The number of piperazine rings is 1. The summed E-state index contributed by atoms with van der Waals surface area (Å²) in [5.41, 5.74) is 9.63. The number of hydrogen-bond acceptors (Lipinski definition) is 4. The normalized spacial score (nSPS) is 14.4. The Bertz CT molecular complexity index is 1460. The molecule has 1 aliphatic heterocycles. The van der Waals surface area contributed by atoms with Gasteiger partial charge >= 0.3 is 0 Å². The number of fused-ring (bicyclic) bond motifs is 1. The van der Waals surface area contributed by atoms with Crippen LogP contribution in [-0.4, -0.2) is 46.6 Å². The van der Waals surface area contributed by atoms with E-state index in [-0.39, 0.29) is 5.56 Å². The second-order valence-corrected chi connectivity index (χ2v) is 9.55. The number of guanidine groups is 1. The topological polar surface area (TPSA) is 79.7 Å². The zero-order chi connectivity index (χ0) is 25.1. The molecule has 0 saturated carbocycles. The van der Waals surface area contributed by atoms with Crippen molar-refractivity contribution in [1.82, 2.24) is 14.5 Å². The lowest BCUT2D eigenvalue weighted by molar-refractivity contribution is 0.382. The summed E-state index contributed by atoms with van der Waals surface area (Å²) < 4.78 is 1.59. The van der Waals surface area contributed by atoms with Crippen molar-refractivity contribution < 1.29 is 0 Å². The molecule has 0 unspecified atom stereocenters. The molecule has 1 aromatic heterocycles. The highest BCUT2D eigenvalue weighted by Gasteiger charge is 2.18. The standard InChI is InChI=1S/C27H26Cl2N6O/c28-20-7-6-19(24(29)16-20)10-11-35-18-31-25-17-21(8-9-23(25)26(35)36)32-27(30)34-14-12-33(13-15-34)22-4-2-1-3-5-22/h1-9,16-18H,10-15H2,(H2,30,32). The summed E-state index contributed by atoms with van der Waals surface area (Å²) >= 11 is 12.2. The number of aromatic nitrogens is 2. The third-order valence-electron chi connectivity index (χ3n) is 6.41. The number of aliphatic imine (C=N–C) groups is 1. The molecule has 36 heavy (non-hydrogen) atoms. The Morgan fingerprint density at radius 1 is 0.972 bits per heavy atom. The van der Waals surface area contributed by atoms with Crippen LogP contribution < -0.4 is 16.2 Å². The number of para-hydroxylation sites is 1. The number of nitrogens with zero attached hydrogens (tertiary/aromatic N) is 5. The van der Waals surface area contributed by atoms with E-state index in [1.54, 1.807) is 41.2 Å². The van der Waals surface area contributed by atoms with Gasteiger partial charge in [-0.2, -0.15) is 0 Å². The first-order valence-electron chi connectivity index (χ1n) is 11.8. The maximum absolute atomic E-state index is 13.0. The third kappa shape index (κ3) is 5.32. The maximum Gasteiger partial charge on any atom is 0.261 e. The molecule has 0 radical (unpaired) electrons. The van der Waals surface area contributed by atoms with Crippen molar-refractivity contribution in [2.75, 3.05) is 31.1 Å². The molecule has 0 spiro atoms. The van der Waals surface area contributed by atoms with E-state index in [1.807, 2.05) is 12.1 Å². The van der Waals surface area contributed by atoms with E-state index >= 15 is 0 Å². The molecule has 184 valence electrons. The van der Waals surface area contributed by atoms with Gasteiger partial charge in [-0.05, 0) is 54.4 Å². The van der Waals surface area contributed by atoms with Crippen molar-refractivity contribution in [3.63, 3.8) is 0 Å². The van der Waals surface area contributed by atoms with Gasteiger partial charge in [-0.15, -0.1) is 0 Å². The zero-order valence-corrected chi connectivity index (χ0v) is 21.2. The minimum atomic E-state index is -0.106. The van der Waals surface area contributed by atoms with Gasteiger partial charge in [0.25, 0.3) is 5.56 Å². The number of benzene rings is 3. The number of aryl methyl sites for hydroxylation is 2. The molecule has 2 heterocycles. The van der Waals surface area contributed by atoms with Crippen molar-refractivity contribution in [3.05, 3.63) is 99.0 Å². The van der Waals surface area contributed by atoms with Gasteiger partial charge in [0, 0.05) is 48.5 Å². The fraction of sp³-hybridized carbons (Fsp3) is 0.222. The minimum Gasteiger partial charge on any atom is -0.369 e. The fourth-order valence-corrected chi connectivity index (χ4v) is 4.88. The average molecular weight is 521 g/mol. The molecule has 1 aliphatic rings. The molecular weight excluding hydrogens is 495 g/mol. The second-order valence-electron chi connectivity index (χ2n) is 8.71. The van der Waals surface area contributed by atoms with E-state index in [0.29, 0.717) is 45.6 Å². The molecule has 0 bridgehead atoms. The highest BCUT2D eigenvalue weighted by Crippen LogP contribution is 2.22. The second kappa shape index (κ2) is 10.6. The predicted molar refractivity (Wildman–Crippen MR) is 148 cm³/mol. The van der Waals surface area contributed by atoms with Gasteiger partial charge in [0.1, 0.15) is 0 Å². The maximum atomic E-state index is 13.0. The van der Waals surface area contributed by atoms with Crippen molar-refractivity contribution in [1.29, 1.82) is 0 Å². The van der Waals surface area contributed by atoms with Crippen LogP contribution in [0.15, 0.2) is 82.8 Å². The Labute approximate surface area is 219 Å². The molecule has 1 saturated heterocycles. The third-order valence-corrected chi connectivity index (χ3v) is 7.00. The van der Waals surface area contributed by atoms with Crippen LogP contribution in [0.2, 0.25) is 10.0 Å². The molecule has 0 aliphatic carbocycles. The molecule has 1 fully saturated rings. The van der Waals surface area contributed by atoms with Crippen molar-refractivity contribution >= 4 is 51.4 Å². The molecule has 4 aromatic rings. The Morgan fingerprint density at radius 2 is 1.75 bits per heavy atom. The van der Waals surface area contributed by atoms with E-state index in [9.17, 15) is 4.79 Å². The first-order chi connectivity index (χ1) is 17.5. The summed E-state index contributed by atoms with van der Waals surface area (Å²) in [5, 5.41) is 1.71. The highest BCUT2D eigenvalue weighted by molar-refractivity contribution is 6.35. The molecule has 0 atom stereocenters. The molecule has 2 N–H and O–H groups in total. The minimum absolute atomic E-state index is 0.106. The largest absolute Gasteiger partial charge is 0.369 e. The van der Waals surface area contributed by atoms with Crippen LogP contribution in [0.3, 0.4) is 0 Å². The Kier molecular flexibility index (Phi) is 7.11. The predicted octanol–water partition coefficient (Wildman–Crippen LogP) is 4.71. The van der Waals surface area contributed by atoms with Gasteiger partial charge in [-0.3, -0.25) is 9.36 Å². The molecule has 5 rings (SSSR count). The summed E-state index contributed by atoms with van der Waals surface area (Å²) in [6.07, 6.45) is 2.16. The Balaban J connectivity index is 1.27. The summed E-state index contributed by atoms with van der Waals surface area (Å²) in [5.74, 6) is 0.468. The Hall–Kier alpha value is -3.55. The van der Waals surface area contributed by atoms with E-state index in [2.05, 4.69) is 44.0 Å². The van der Waals surface area contributed by atoms with Gasteiger partial charge in [0.15, 0.2) is 5.96 Å². The smallest absolute Gasteiger partial charge is 0.261 e. The summed E-state index contributed by atoms with van der Waals surface area (Å²) in [7, 11) is 0. The van der Waals surface area contributed by atoms with Crippen molar-refractivity contribution in [2.24, 2.45) is 10.7 Å². The number of anilines is 1. The number of hydrogen-bond donors (Lipinski definition) is 1. The van der Waals surface area contributed by atoms with Crippen molar-refractivity contribution in [2.45, 2.75) is 13.0 Å². The van der Waals surface area contributed by atoms with E-state index in [0.717, 1.165) is 31.7 Å². The lowest BCUT2D eigenvalue weighted by Crippen LogP contribution is -2.51. The van der Waals surface area contributed by atoms with E-state index in [4.69, 9.17) is 28.9 Å². The monoisotopic (exact) mass is 520 g/mol. The first-order valence-corrected chi connectivity index (χ1v) is 12.6. The van der Waals surface area contributed by atoms with Crippen LogP contribution in [-0.2, 0) is 13.0 Å².